The number of nitrogens with zero attached hydrogens (tertiary/aromatic N) is 1. The smallest absolute Gasteiger partial charge is 0.0924 e. The van der Waals surface area contributed by atoms with Gasteiger partial charge in [0.25, 0.3) is 0 Å². The molecule has 0 aromatic carbocycles. The molecule has 0 saturated heterocycles. The van der Waals surface area contributed by atoms with Gasteiger partial charge in [0.1, 0.15) is 0 Å². The zero-order valence-electron chi connectivity index (χ0n) is 8.07. The van der Waals surface area contributed by atoms with Gasteiger partial charge in [0.2, 0.25) is 0 Å². The van der Waals surface area contributed by atoms with Crippen molar-refractivity contribution in [3.05, 3.63) is 16.6 Å². The van der Waals surface area contributed by atoms with E-state index < -0.39 is 0 Å². The summed E-state index contributed by atoms with van der Waals surface area (Å²) in [6.45, 7) is 2.10. The first-order valence-corrected chi connectivity index (χ1v) is 5.77. The van der Waals surface area contributed by atoms with Gasteiger partial charge in [-0.05, 0) is 25.7 Å². The Kier molecular flexibility index (Phi) is 5.01. The first-order chi connectivity index (χ1) is 6.33. The van der Waals surface area contributed by atoms with Crippen LogP contribution in [0.3, 0.4) is 0 Å². The highest BCUT2D eigenvalue weighted by atomic mass is 32.1. The molecule has 0 radical (unpaired) electrons. The first kappa shape index (κ1) is 10.7. The zero-order valence-corrected chi connectivity index (χ0v) is 8.89. The Labute approximate surface area is 83.6 Å². The van der Waals surface area contributed by atoms with E-state index in [-0.39, 0.29) is 6.10 Å². The lowest BCUT2D eigenvalue weighted by atomic mass is 10.1. The number of hydrogen-bond acceptors (Lipinski definition) is 3. The van der Waals surface area contributed by atoms with Crippen molar-refractivity contribution >= 4 is 11.3 Å². The zero-order chi connectivity index (χ0) is 9.52. The summed E-state index contributed by atoms with van der Waals surface area (Å²) < 4.78 is 0. The lowest BCUT2D eigenvalue weighted by Crippen LogP contribution is -2.05. The SMILES string of the molecule is CCCC(O)CCCc1nccs1. The first-order valence-electron chi connectivity index (χ1n) is 4.89. The van der Waals surface area contributed by atoms with Crippen LogP contribution in [0, 0.1) is 0 Å². The molecule has 1 heterocycles. The summed E-state index contributed by atoms with van der Waals surface area (Å²) >= 11 is 1.70. The highest BCUT2D eigenvalue weighted by molar-refractivity contribution is 7.09. The number of aryl methyl sites for hydroxylation is 1. The molecule has 0 saturated carbocycles. The molecular weight excluding hydrogens is 182 g/mol. The molecule has 1 aromatic rings. The molecule has 2 nitrogen and oxygen atoms in total. The monoisotopic (exact) mass is 199 g/mol. The number of hydrogen-bond donors (Lipinski definition) is 1. The third-order valence-electron chi connectivity index (χ3n) is 2.03. The summed E-state index contributed by atoms with van der Waals surface area (Å²) in [5.74, 6) is 0. The van der Waals surface area contributed by atoms with Crippen molar-refractivity contribution in [2.24, 2.45) is 0 Å². The van der Waals surface area contributed by atoms with Crippen LogP contribution in [0.15, 0.2) is 11.6 Å². The van der Waals surface area contributed by atoms with Crippen LogP contribution in [-0.4, -0.2) is 16.2 Å². The van der Waals surface area contributed by atoms with Crippen LogP contribution in [0.2, 0.25) is 0 Å². The van der Waals surface area contributed by atoms with Crippen LogP contribution >= 0.6 is 11.3 Å². The molecule has 1 N–H and O–H groups in total. The van der Waals surface area contributed by atoms with Gasteiger partial charge in [-0.25, -0.2) is 4.98 Å². The van der Waals surface area contributed by atoms with Gasteiger partial charge in [0, 0.05) is 11.6 Å². The molecule has 1 rings (SSSR count). The number of aliphatic hydroxyl groups is 1. The third kappa shape index (κ3) is 4.39. The highest BCUT2D eigenvalue weighted by Crippen LogP contribution is 2.11. The molecule has 0 aliphatic heterocycles. The molecule has 0 aliphatic rings. The van der Waals surface area contributed by atoms with E-state index in [2.05, 4.69) is 11.9 Å². The fourth-order valence-corrected chi connectivity index (χ4v) is 2.01. The molecule has 74 valence electrons. The summed E-state index contributed by atoms with van der Waals surface area (Å²) in [7, 11) is 0. The highest BCUT2D eigenvalue weighted by Gasteiger charge is 2.02. The fraction of sp³-hybridized carbons (Fsp3) is 0.700. The van der Waals surface area contributed by atoms with Crippen LogP contribution in [0.4, 0.5) is 0 Å². The Bertz CT molecular complexity index is 211. The maximum Gasteiger partial charge on any atom is 0.0924 e. The minimum Gasteiger partial charge on any atom is -0.393 e. The Morgan fingerprint density at radius 1 is 1.54 bits per heavy atom. The fourth-order valence-electron chi connectivity index (χ4n) is 1.34. The minimum atomic E-state index is -0.107. The second-order valence-corrected chi connectivity index (χ2v) is 4.24. The summed E-state index contributed by atoms with van der Waals surface area (Å²) in [5, 5.41) is 12.6. The van der Waals surface area contributed by atoms with Gasteiger partial charge >= 0.3 is 0 Å². The Hall–Kier alpha value is -0.410. The van der Waals surface area contributed by atoms with Crippen molar-refractivity contribution < 1.29 is 5.11 Å². The summed E-state index contributed by atoms with van der Waals surface area (Å²) in [5.41, 5.74) is 0. The Morgan fingerprint density at radius 2 is 2.38 bits per heavy atom. The van der Waals surface area contributed by atoms with Crippen molar-refractivity contribution in [1.82, 2.24) is 4.98 Å². The molecule has 1 unspecified atom stereocenters. The van der Waals surface area contributed by atoms with Gasteiger partial charge in [-0.15, -0.1) is 11.3 Å². The molecule has 0 amide bonds. The van der Waals surface area contributed by atoms with Gasteiger partial charge in [-0.3, -0.25) is 0 Å². The molecule has 3 heteroatoms. The summed E-state index contributed by atoms with van der Waals surface area (Å²) in [6, 6.07) is 0. The van der Waals surface area contributed by atoms with Gasteiger partial charge < -0.3 is 5.11 Å². The predicted octanol–water partition coefficient (Wildman–Crippen LogP) is 2.63. The standard InChI is InChI=1S/C10H17NOS/c1-2-4-9(12)5-3-6-10-11-7-8-13-10/h7-9,12H,2-6H2,1H3. The van der Waals surface area contributed by atoms with Crippen LogP contribution < -0.4 is 0 Å². The second-order valence-electron chi connectivity index (χ2n) is 3.26. The van der Waals surface area contributed by atoms with E-state index in [1.165, 1.54) is 5.01 Å². The van der Waals surface area contributed by atoms with Crippen molar-refractivity contribution in [3.8, 4) is 0 Å². The maximum absolute atomic E-state index is 9.46. The maximum atomic E-state index is 9.46. The van der Waals surface area contributed by atoms with Crippen LogP contribution in [0.25, 0.3) is 0 Å². The van der Waals surface area contributed by atoms with Crippen molar-refractivity contribution in [1.29, 1.82) is 0 Å². The lowest BCUT2D eigenvalue weighted by Gasteiger charge is -2.07. The van der Waals surface area contributed by atoms with Gasteiger partial charge in [0.05, 0.1) is 11.1 Å². The minimum absolute atomic E-state index is 0.107. The second kappa shape index (κ2) is 6.11. The van der Waals surface area contributed by atoms with E-state index in [1.54, 1.807) is 11.3 Å². The molecule has 0 bridgehead atoms. The quantitative estimate of drug-likeness (QED) is 0.764. The molecule has 0 fully saturated rings. The van der Waals surface area contributed by atoms with E-state index in [0.29, 0.717) is 0 Å². The molecular formula is C10H17NOS. The molecule has 1 aromatic heterocycles. The molecule has 1 atom stereocenters. The van der Waals surface area contributed by atoms with Crippen LogP contribution in [0.1, 0.15) is 37.6 Å². The van der Waals surface area contributed by atoms with Crippen molar-refractivity contribution in [2.75, 3.05) is 0 Å². The number of aromatic nitrogens is 1. The normalized spacial score (nSPS) is 13.1. The van der Waals surface area contributed by atoms with E-state index in [4.69, 9.17) is 0 Å². The van der Waals surface area contributed by atoms with E-state index >= 15 is 0 Å². The molecule has 0 spiro atoms. The summed E-state index contributed by atoms with van der Waals surface area (Å²) in [6.07, 6.45) is 6.70. The van der Waals surface area contributed by atoms with Crippen LogP contribution in [-0.2, 0) is 6.42 Å². The summed E-state index contributed by atoms with van der Waals surface area (Å²) in [4.78, 5) is 4.20. The predicted molar refractivity (Wildman–Crippen MR) is 56.0 cm³/mol. The Balaban J connectivity index is 2.07. The molecule has 0 aliphatic carbocycles. The van der Waals surface area contributed by atoms with E-state index in [0.717, 1.165) is 32.1 Å². The van der Waals surface area contributed by atoms with Gasteiger partial charge in [0.15, 0.2) is 0 Å². The third-order valence-corrected chi connectivity index (χ3v) is 2.87. The van der Waals surface area contributed by atoms with Crippen molar-refractivity contribution in [2.45, 2.75) is 45.1 Å². The van der Waals surface area contributed by atoms with Gasteiger partial charge in [-0.1, -0.05) is 13.3 Å². The van der Waals surface area contributed by atoms with Gasteiger partial charge in [-0.2, -0.15) is 0 Å². The van der Waals surface area contributed by atoms with Crippen LogP contribution in [0.5, 0.6) is 0 Å². The van der Waals surface area contributed by atoms with Crippen molar-refractivity contribution in [3.63, 3.8) is 0 Å². The number of thiazole rings is 1. The van der Waals surface area contributed by atoms with E-state index in [9.17, 15) is 5.11 Å². The lowest BCUT2D eigenvalue weighted by molar-refractivity contribution is 0.151. The number of aliphatic hydroxyl groups excluding tert-OH is 1. The topological polar surface area (TPSA) is 33.1 Å². The Morgan fingerprint density at radius 3 is 3.00 bits per heavy atom. The average Bonchev–Trinajstić information content (AvgIpc) is 2.57. The van der Waals surface area contributed by atoms with E-state index in [1.807, 2.05) is 11.6 Å². The number of rotatable bonds is 6. The molecule has 13 heavy (non-hydrogen) atoms. The average molecular weight is 199 g/mol. The largest absolute Gasteiger partial charge is 0.393 e.